The lowest BCUT2D eigenvalue weighted by Gasteiger charge is -2.38. The molecule has 0 saturated heterocycles. The van der Waals surface area contributed by atoms with Crippen LogP contribution in [0.3, 0.4) is 0 Å². The fourth-order valence-corrected chi connectivity index (χ4v) is 5.26. The van der Waals surface area contributed by atoms with Crippen molar-refractivity contribution in [1.29, 1.82) is 0 Å². The van der Waals surface area contributed by atoms with Crippen LogP contribution in [0.2, 0.25) is 0 Å². The van der Waals surface area contributed by atoms with Gasteiger partial charge in [0.15, 0.2) is 0 Å². The molecule has 29 heavy (non-hydrogen) atoms. The molecule has 2 unspecified atom stereocenters. The van der Waals surface area contributed by atoms with Crippen LogP contribution in [-0.4, -0.2) is 0 Å². The summed E-state index contributed by atoms with van der Waals surface area (Å²) in [5, 5.41) is 0. The molecule has 0 aromatic heterocycles. The molecule has 3 heteroatoms. The molecule has 0 aliphatic heterocycles. The van der Waals surface area contributed by atoms with Crippen LogP contribution < -0.4 is 0 Å². The Labute approximate surface area is 173 Å². The third-order valence-corrected chi connectivity index (χ3v) is 6.85. The van der Waals surface area contributed by atoms with Crippen molar-refractivity contribution >= 4 is 0 Å². The van der Waals surface area contributed by atoms with E-state index >= 15 is 0 Å². The standard InChI is InChI=1S/C26H32F2O/c27-23-15-11-21(12-16-23)25(19-7-3-1-4-8-19)29-26(20-9-5-2-6-10-20)22-13-17-24(28)18-14-22/h11-20,25-26H,1-10H2. The molecule has 0 amide bonds. The van der Waals surface area contributed by atoms with E-state index in [0.717, 1.165) is 36.8 Å². The first-order chi connectivity index (χ1) is 14.2. The number of rotatable bonds is 6. The van der Waals surface area contributed by atoms with Crippen molar-refractivity contribution in [3.05, 3.63) is 71.3 Å². The summed E-state index contributed by atoms with van der Waals surface area (Å²) in [7, 11) is 0. The van der Waals surface area contributed by atoms with Crippen molar-refractivity contribution in [3.63, 3.8) is 0 Å². The lowest BCUT2D eigenvalue weighted by molar-refractivity contribution is -0.0864. The smallest absolute Gasteiger partial charge is 0.123 e. The van der Waals surface area contributed by atoms with E-state index in [1.54, 1.807) is 24.3 Å². The third-order valence-electron chi connectivity index (χ3n) is 6.85. The van der Waals surface area contributed by atoms with Gasteiger partial charge in [-0.1, -0.05) is 62.8 Å². The lowest BCUT2D eigenvalue weighted by Crippen LogP contribution is -2.26. The number of halogens is 2. The molecule has 4 rings (SSSR count). The fraction of sp³-hybridized carbons (Fsp3) is 0.538. The highest BCUT2D eigenvalue weighted by atomic mass is 19.1. The van der Waals surface area contributed by atoms with Crippen LogP contribution in [0.5, 0.6) is 0 Å². The molecule has 2 atom stereocenters. The second kappa shape index (κ2) is 9.84. The quantitative estimate of drug-likeness (QED) is 0.480. The Bertz CT molecular complexity index is 678. The highest BCUT2D eigenvalue weighted by molar-refractivity contribution is 5.22. The van der Waals surface area contributed by atoms with Crippen molar-refractivity contribution in [3.8, 4) is 0 Å². The number of ether oxygens (including phenoxy) is 1. The minimum Gasteiger partial charge on any atom is -0.365 e. The highest BCUT2D eigenvalue weighted by Gasteiger charge is 2.33. The molecule has 0 bridgehead atoms. The van der Waals surface area contributed by atoms with Gasteiger partial charge in [-0.15, -0.1) is 0 Å². The van der Waals surface area contributed by atoms with E-state index in [1.165, 1.54) is 38.5 Å². The molecule has 2 saturated carbocycles. The molecule has 2 aliphatic carbocycles. The minimum absolute atomic E-state index is 0.0344. The first-order valence-corrected chi connectivity index (χ1v) is 11.4. The zero-order valence-corrected chi connectivity index (χ0v) is 17.2. The highest BCUT2D eigenvalue weighted by Crippen LogP contribution is 2.44. The maximum atomic E-state index is 13.6. The summed E-state index contributed by atoms with van der Waals surface area (Å²) in [6.07, 6.45) is 12.1. The normalized spacial score (nSPS) is 21.0. The van der Waals surface area contributed by atoms with Crippen LogP contribution in [0.4, 0.5) is 8.78 Å². The van der Waals surface area contributed by atoms with Gasteiger partial charge in [0.05, 0.1) is 12.2 Å². The molecular formula is C26H32F2O. The molecule has 0 heterocycles. The summed E-state index contributed by atoms with van der Waals surface area (Å²) in [5.41, 5.74) is 2.14. The van der Waals surface area contributed by atoms with Crippen molar-refractivity contribution in [2.75, 3.05) is 0 Å². The molecule has 2 fully saturated rings. The van der Waals surface area contributed by atoms with Gasteiger partial charge >= 0.3 is 0 Å². The first kappa shape index (κ1) is 20.5. The van der Waals surface area contributed by atoms with Crippen molar-refractivity contribution in [2.24, 2.45) is 11.8 Å². The van der Waals surface area contributed by atoms with E-state index in [1.807, 2.05) is 24.3 Å². The van der Waals surface area contributed by atoms with Gasteiger partial charge in [-0.25, -0.2) is 8.78 Å². The topological polar surface area (TPSA) is 9.23 Å². The van der Waals surface area contributed by atoms with E-state index < -0.39 is 0 Å². The molecular weight excluding hydrogens is 366 g/mol. The van der Waals surface area contributed by atoms with Crippen LogP contribution in [0, 0.1) is 23.5 Å². The Morgan fingerprint density at radius 2 is 0.897 bits per heavy atom. The molecule has 0 radical (unpaired) electrons. The predicted molar refractivity (Wildman–Crippen MR) is 113 cm³/mol. The van der Waals surface area contributed by atoms with Gasteiger partial charge in [-0.2, -0.15) is 0 Å². The largest absolute Gasteiger partial charge is 0.365 e. The second-order valence-corrected chi connectivity index (χ2v) is 8.88. The van der Waals surface area contributed by atoms with Gasteiger partial charge in [-0.3, -0.25) is 0 Å². The van der Waals surface area contributed by atoms with Gasteiger partial charge in [0.2, 0.25) is 0 Å². The summed E-state index contributed by atoms with van der Waals surface area (Å²) in [6, 6.07) is 13.7. The van der Waals surface area contributed by atoms with Crippen LogP contribution >= 0.6 is 0 Å². The second-order valence-electron chi connectivity index (χ2n) is 8.88. The molecule has 2 aliphatic rings. The van der Waals surface area contributed by atoms with E-state index in [9.17, 15) is 8.78 Å². The fourth-order valence-electron chi connectivity index (χ4n) is 5.26. The average Bonchev–Trinajstić information content (AvgIpc) is 2.77. The number of hydrogen-bond donors (Lipinski definition) is 0. The summed E-state index contributed by atoms with van der Waals surface area (Å²) < 4.78 is 34.1. The molecule has 0 spiro atoms. The summed E-state index contributed by atoms with van der Waals surface area (Å²) in [6.45, 7) is 0. The molecule has 156 valence electrons. The number of hydrogen-bond acceptors (Lipinski definition) is 1. The molecule has 1 nitrogen and oxygen atoms in total. The van der Waals surface area contributed by atoms with Gasteiger partial charge in [0, 0.05) is 0 Å². The zero-order valence-electron chi connectivity index (χ0n) is 17.2. The van der Waals surface area contributed by atoms with Gasteiger partial charge in [-0.05, 0) is 72.9 Å². The number of benzene rings is 2. The van der Waals surface area contributed by atoms with Crippen molar-refractivity contribution in [2.45, 2.75) is 76.4 Å². The van der Waals surface area contributed by atoms with Crippen LogP contribution in [0.25, 0.3) is 0 Å². The van der Waals surface area contributed by atoms with Gasteiger partial charge in [0.1, 0.15) is 11.6 Å². The Morgan fingerprint density at radius 1 is 0.552 bits per heavy atom. The van der Waals surface area contributed by atoms with Gasteiger partial charge < -0.3 is 4.74 Å². The van der Waals surface area contributed by atoms with E-state index in [-0.39, 0.29) is 23.8 Å². The van der Waals surface area contributed by atoms with E-state index in [2.05, 4.69) is 0 Å². The van der Waals surface area contributed by atoms with Crippen LogP contribution in [-0.2, 0) is 4.74 Å². The van der Waals surface area contributed by atoms with Crippen molar-refractivity contribution in [1.82, 2.24) is 0 Å². The molecule has 2 aromatic rings. The predicted octanol–water partition coefficient (Wildman–Crippen LogP) is 7.92. The van der Waals surface area contributed by atoms with Crippen LogP contribution in [0.15, 0.2) is 48.5 Å². The zero-order chi connectivity index (χ0) is 20.1. The maximum Gasteiger partial charge on any atom is 0.123 e. The summed E-state index contributed by atoms with van der Waals surface area (Å²) in [4.78, 5) is 0. The minimum atomic E-state index is -0.210. The Kier molecular flexibility index (Phi) is 6.97. The molecule has 2 aromatic carbocycles. The monoisotopic (exact) mass is 398 g/mol. The molecule has 0 N–H and O–H groups in total. The Hall–Kier alpha value is -1.74. The maximum absolute atomic E-state index is 13.6. The summed E-state index contributed by atoms with van der Waals surface area (Å²) in [5.74, 6) is 0.499. The van der Waals surface area contributed by atoms with E-state index in [0.29, 0.717) is 11.8 Å². The Morgan fingerprint density at radius 3 is 1.24 bits per heavy atom. The van der Waals surface area contributed by atoms with Crippen LogP contribution in [0.1, 0.15) is 87.5 Å². The summed E-state index contributed by atoms with van der Waals surface area (Å²) >= 11 is 0. The van der Waals surface area contributed by atoms with Crippen molar-refractivity contribution < 1.29 is 13.5 Å². The van der Waals surface area contributed by atoms with E-state index in [4.69, 9.17) is 4.74 Å². The first-order valence-electron chi connectivity index (χ1n) is 11.4. The SMILES string of the molecule is Fc1ccc(C(OC(c2ccc(F)cc2)C2CCCCC2)C2CCCCC2)cc1. The Balaban J connectivity index is 1.64. The third kappa shape index (κ3) is 5.25. The average molecular weight is 399 g/mol. The lowest BCUT2D eigenvalue weighted by atomic mass is 9.80. The van der Waals surface area contributed by atoms with Gasteiger partial charge in [0.25, 0.3) is 0 Å².